The molecule has 3 rings (SSSR count). The van der Waals surface area contributed by atoms with Crippen LogP contribution in [0.2, 0.25) is 0 Å². The van der Waals surface area contributed by atoms with Gasteiger partial charge in [0.2, 0.25) is 5.91 Å². The van der Waals surface area contributed by atoms with Crippen LogP contribution in [0.3, 0.4) is 0 Å². The van der Waals surface area contributed by atoms with Gasteiger partial charge in [-0.3, -0.25) is 9.59 Å². The number of benzene rings is 2. The van der Waals surface area contributed by atoms with Crippen LogP contribution in [0.1, 0.15) is 56.6 Å². The first-order chi connectivity index (χ1) is 15.4. The van der Waals surface area contributed by atoms with E-state index < -0.39 is 30.1 Å². The van der Waals surface area contributed by atoms with E-state index in [4.69, 9.17) is 9.84 Å². The maximum atomic E-state index is 12.6. The highest BCUT2D eigenvalue weighted by Gasteiger charge is 2.30. The third-order valence-corrected chi connectivity index (χ3v) is 5.67. The van der Waals surface area contributed by atoms with Gasteiger partial charge in [0.15, 0.2) is 0 Å². The topological polar surface area (TPSA) is 105 Å². The van der Waals surface area contributed by atoms with Gasteiger partial charge in [-0.05, 0) is 35.6 Å². The van der Waals surface area contributed by atoms with Crippen molar-refractivity contribution in [2.45, 2.75) is 57.5 Å². The molecule has 1 aliphatic carbocycles. The van der Waals surface area contributed by atoms with Gasteiger partial charge < -0.3 is 20.5 Å². The summed E-state index contributed by atoms with van der Waals surface area (Å²) in [5.41, 5.74) is 4.52. The molecule has 2 aromatic rings. The molecule has 0 fully saturated rings. The molecule has 1 aliphatic rings. The largest absolute Gasteiger partial charge is 0.481 e. The van der Waals surface area contributed by atoms with E-state index in [-0.39, 0.29) is 18.9 Å². The van der Waals surface area contributed by atoms with Crippen LogP contribution in [-0.2, 0) is 14.3 Å². The van der Waals surface area contributed by atoms with Crippen molar-refractivity contribution in [3.8, 4) is 11.1 Å². The molecule has 0 spiro atoms. The first kappa shape index (κ1) is 23.3. The van der Waals surface area contributed by atoms with Gasteiger partial charge in [0, 0.05) is 12.0 Å². The van der Waals surface area contributed by atoms with E-state index in [1.54, 1.807) is 6.92 Å². The number of hydrogen-bond acceptors (Lipinski definition) is 4. The molecule has 0 unspecified atom stereocenters. The number of unbranched alkanes of at least 4 members (excludes halogenated alkanes) is 1. The quantitative estimate of drug-likeness (QED) is 0.519. The summed E-state index contributed by atoms with van der Waals surface area (Å²) in [6.45, 7) is 3.78. The van der Waals surface area contributed by atoms with Crippen molar-refractivity contribution in [3.05, 3.63) is 59.7 Å². The van der Waals surface area contributed by atoms with Crippen LogP contribution in [0, 0.1) is 0 Å². The van der Waals surface area contributed by atoms with E-state index in [0.29, 0.717) is 6.42 Å². The molecule has 0 aromatic heterocycles. The van der Waals surface area contributed by atoms with Crippen molar-refractivity contribution >= 4 is 18.0 Å². The highest BCUT2D eigenvalue weighted by Crippen LogP contribution is 2.44. The SMILES string of the molecule is CCCC[C@H](NC(=O)OCC1c2ccccc2-c2ccccc21)C(=O)N[C@H](C)CC(=O)O. The molecule has 0 aliphatic heterocycles. The fraction of sp³-hybridized carbons (Fsp3) is 0.400. The predicted octanol–water partition coefficient (Wildman–Crippen LogP) is 4.06. The second-order valence-electron chi connectivity index (χ2n) is 8.17. The summed E-state index contributed by atoms with van der Waals surface area (Å²) in [5.74, 6) is -1.46. The lowest BCUT2D eigenvalue weighted by atomic mass is 9.98. The summed E-state index contributed by atoms with van der Waals surface area (Å²) in [5, 5.41) is 14.2. The van der Waals surface area contributed by atoms with Crippen LogP contribution >= 0.6 is 0 Å². The van der Waals surface area contributed by atoms with Crippen molar-refractivity contribution in [3.63, 3.8) is 0 Å². The molecule has 3 N–H and O–H groups in total. The first-order valence-corrected chi connectivity index (χ1v) is 11.0. The number of rotatable bonds is 10. The van der Waals surface area contributed by atoms with Crippen molar-refractivity contribution in [1.29, 1.82) is 0 Å². The Morgan fingerprint density at radius 2 is 1.59 bits per heavy atom. The third-order valence-electron chi connectivity index (χ3n) is 5.67. The zero-order valence-corrected chi connectivity index (χ0v) is 18.5. The molecule has 7 heteroatoms. The maximum absolute atomic E-state index is 12.6. The van der Waals surface area contributed by atoms with Crippen LogP contribution in [0.25, 0.3) is 11.1 Å². The summed E-state index contributed by atoms with van der Waals surface area (Å²) >= 11 is 0. The predicted molar refractivity (Wildman–Crippen MR) is 121 cm³/mol. The Hall–Kier alpha value is -3.35. The molecule has 2 aromatic carbocycles. The number of alkyl carbamates (subject to hydrolysis) is 1. The molecule has 0 bridgehead atoms. The Bertz CT molecular complexity index is 929. The molecule has 0 radical (unpaired) electrons. The summed E-state index contributed by atoms with van der Waals surface area (Å²) in [6.07, 6.45) is 1.22. The van der Waals surface area contributed by atoms with E-state index >= 15 is 0 Å². The van der Waals surface area contributed by atoms with Crippen molar-refractivity contribution in [1.82, 2.24) is 10.6 Å². The van der Waals surface area contributed by atoms with Gasteiger partial charge in [0.25, 0.3) is 0 Å². The molecule has 2 atom stereocenters. The Balaban J connectivity index is 1.63. The monoisotopic (exact) mass is 438 g/mol. The third kappa shape index (κ3) is 5.66. The number of carbonyl (C=O) groups is 3. The van der Waals surface area contributed by atoms with Crippen LogP contribution in [-0.4, -0.2) is 41.8 Å². The van der Waals surface area contributed by atoms with Gasteiger partial charge in [-0.15, -0.1) is 0 Å². The number of aliphatic carboxylic acids is 1. The Morgan fingerprint density at radius 3 is 2.16 bits per heavy atom. The van der Waals surface area contributed by atoms with E-state index in [1.165, 1.54) is 0 Å². The summed E-state index contributed by atoms with van der Waals surface area (Å²) < 4.78 is 5.55. The number of carboxylic acids is 1. The number of hydrogen-bond donors (Lipinski definition) is 3. The van der Waals surface area contributed by atoms with Gasteiger partial charge in [-0.2, -0.15) is 0 Å². The van der Waals surface area contributed by atoms with Crippen molar-refractivity contribution < 1.29 is 24.2 Å². The van der Waals surface area contributed by atoms with Gasteiger partial charge in [0.05, 0.1) is 6.42 Å². The molecule has 0 saturated heterocycles. The average Bonchev–Trinajstić information content (AvgIpc) is 3.08. The van der Waals surface area contributed by atoms with Gasteiger partial charge >= 0.3 is 12.1 Å². The molecular weight excluding hydrogens is 408 g/mol. The summed E-state index contributed by atoms with van der Waals surface area (Å²) in [4.78, 5) is 36.0. The highest BCUT2D eigenvalue weighted by molar-refractivity contribution is 5.86. The Labute approximate surface area is 188 Å². The zero-order chi connectivity index (χ0) is 23.1. The smallest absolute Gasteiger partial charge is 0.407 e. The summed E-state index contributed by atoms with van der Waals surface area (Å²) in [6, 6.07) is 14.8. The van der Waals surface area contributed by atoms with Crippen LogP contribution in [0.4, 0.5) is 4.79 Å². The molecule has 32 heavy (non-hydrogen) atoms. The van der Waals surface area contributed by atoms with Gasteiger partial charge in [-0.1, -0.05) is 68.3 Å². The van der Waals surface area contributed by atoms with Crippen LogP contribution in [0.15, 0.2) is 48.5 Å². The number of fused-ring (bicyclic) bond motifs is 3. The lowest BCUT2D eigenvalue weighted by molar-refractivity contribution is -0.137. The van der Waals surface area contributed by atoms with Crippen LogP contribution in [0.5, 0.6) is 0 Å². The molecular formula is C25H30N2O5. The number of ether oxygens (including phenoxy) is 1. The normalized spacial score (nSPS) is 14.1. The first-order valence-electron chi connectivity index (χ1n) is 11.0. The standard InChI is InChI=1S/C25H30N2O5/c1-3-4-13-22(24(30)26-16(2)14-23(28)29)27-25(31)32-15-21-19-11-7-5-9-17(19)18-10-6-8-12-20(18)21/h5-12,16,21-22H,3-4,13-15H2,1-2H3,(H,26,30)(H,27,31)(H,28,29)/t16-,22+/m1/s1. The van der Waals surface area contributed by atoms with Crippen LogP contribution < -0.4 is 10.6 Å². The Kier molecular flexibility index (Phi) is 7.87. The van der Waals surface area contributed by atoms with E-state index in [1.807, 2.05) is 43.3 Å². The van der Waals surface area contributed by atoms with Crippen molar-refractivity contribution in [2.24, 2.45) is 0 Å². The van der Waals surface area contributed by atoms with Gasteiger partial charge in [-0.25, -0.2) is 4.79 Å². The highest BCUT2D eigenvalue weighted by atomic mass is 16.5. The summed E-state index contributed by atoms with van der Waals surface area (Å²) in [7, 11) is 0. The minimum Gasteiger partial charge on any atom is -0.481 e. The number of amides is 2. The minimum atomic E-state index is -0.993. The molecule has 0 saturated carbocycles. The van der Waals surface area contributed by atoms with Gasteiger partial charge in [0.1, 0.15) is 12.6 Å². The lowest BCUT2D eigenvalue weighted by Crippen LogP contribution is -2.49. The number of carboxylic acid groups (broad SMARTS) is 1. The van der Waals surface area contributed by atoms with E-state index in [9.17, 15) is 14.4 Å². The number of carbonyl (C=O) groups excluding carboxylic acids is 2. The minimum absolute atomic E-state index is 0.0633. The molecule has 2 amide bonds. The maximum Gasteiger partial charge on any atom is 0.407 e. The molecule has 170 valence electrons. The fourth-order valence-corrected chi connectivity index (χ4v) is 4.12. The lowest BCUT2D eigenvalue weighted by Gasteiger charge is -2.21. The zero-order valence-electron chi connectivity index (χ0n) is 18.5. The number of nitrogens with one attached hydrogen (secondary N) is 2. The Morgan fingerprint density at radius 1 is 1.00 bits per heavy atom. The fourth-order valence-electron chi connectivity index (χ4n) is 4.12. The molecule has 7 nitrogen and oxygen atoms in total. The van der Waals surface area contributed by atoms with E-state index in [0.717, 1.165) is 35.1 Å². The van der Waals surface area contributed by atoms with E-state index in [2.05, 4.69) is 22.8 Å². The van der Waals surface area contributed by atoms with Crippen molar-refractivity contribution in [2.75, 3.05) is 6.61 Å². The second kappa shape index (κ2) is 10.8. The average molecular weight is 439 g/mol. The second-order valence-corrected chi connectivity index (χ2v) is 8.17. The molecule has 0 heterocycles.